The molecule has 12 nitrogen and oxygen atoms in total. The predicted molar refractivity (Wildman–Crippen MR) is 77.6 cm³/mol. The van der Waals surface area contributed by atoms with Gasteiger partial charge in [-0.15, -0.1) is 0 Å². The van der Waals surface area contributed by atoms with Gasteiger partial charge in [0.25, 0.3) is 5.60 Å². The third-order valence-corrected chi connectivity index (χ3v) is 3.93. The molecule has 2 unspecified atom stereocenters. The molecule has 1 aliphatic rings. The number of carbonyl (C=O) groups is 3. The predicted octanol–water partition coefficient (Wildman–Crippen LogP) is -3.12. The lowest BCUT2D eigenvalue weighted by Crippen LogP contribution is -2.76. The molecular weight excluding hydrogens is 360 g/mol. The maximum atomic E-state index is 12.4. The molecule has 150 valence electrons. The quantitative estimate of drug-likeness (QED) is 0.183. The second kappa shape index (κ2) is 8.24. The SMILES string of the molecule is CCC(OC(C)=O)(C(=O)OOC(C)=O)C1(O)O[C@H](CO)[C@@H](O)[C@H](O)[C@H]1O. The number of aliphatic hydroxyl groups is 5. The zero-order chi connectivity index (χ0) is 20.3. The van der Waals surface area contributed by atoms with Crippen molar-refractivity contribution in [1.82, 2.24) is 0 Å². The molecule has 0 aromatic rings. The van der Waals surface area contributed by atoms with E-state index in [1.165, 1.54) is 6.92 Å². The maximum Gasteiger partial charge on any atom is 0.404 e. The van der Waals surface area contributed by atoms with Crippen molar-refractivity contribution < 1.29 is 59.2 Å². The van der Waals surface area contributed by atoms with Crippen molar-refractivity contribution in [1.29, 1.82) is 0 Å². The number of hydrogen-bond donors (Lipinski definition) is 5. The Morgan fingerprint density at radius 3 is 2.08 bits per heavy atom. The summed E-state index contributed by atoms with van der Waals surface area (Å²) in [5.74, 6) is -6.95. The Bertz CT molecular complexity index is 548. The van der Waals surface area contributed by atoms with Crippen LogP contribution in [-0.2, 0) is 33.6 Å². The molecule has 1 aliphatic heterocycles. The molecule has 1 fully saturated rings. The lowest BCUT2D eigenvalue weighted by atomic mass is 9.79. The average Bonchev–Trinajstić information content (AvgIpc) is 2.58. The summed E-state index contributed by atoms with van der Waals surface area (Å²) in [6.07, 6.45) is -8.51. The normalized spacial score (nSPS) is 33.7. The van der Waals surface area contributed by atoms with Crippen LogP contribution < -0.4 is 0 Å². The highest BCUT2D eigenvalue weighted by Crippen LogP contribution is 2.41. The molecule has 0 aromatic carbocycles. The van der Waals surface area contributed by atoms with Crippen LogP contribution in [0.1, 0.15) is 27.2 Å². The molecule has 0 aromatic heterocycles. The van der Waals surface area contributed by atoms with E-state index < -0.39 is 66.7 Å². The Balaban J connectivity index is 3.44. The Morgan fingerprint density at radius 1 is 1.08 bits per heavy atom. The number of hydrogen-bond acceptors (Lipinski definition) is 12. The van der Waals surface area contributed by atoms with Gasteiger partial charge < -0.3 is 35.0 Å². The summed E-state index contributed by atoms with van der Waals surface area (Å²) in [6, 6.07) is 0. The molecule has 6 atom stereocenters. The van der Waals surface area contributed by atoms with Gasteiger partial charge in [0.2, 0.25) is 5.79 Å². The fraction of sp³-hybridized carbons (Fsp3) is 0.786. The minimum absolute atomic E-state index is 0.568. The number of carbonyl (C=O) groups excluding carboxylic acids is 3. The van der Waals surface area contributed by atoms with E-state index in [-0.39, 0.29) is 0 Å². The lowest BCUT2D eigenvalue weighted by molar-refractivity contribution is -0.400. The third kappa shape index (κ3) is 3.79. The summed E-state index contributed by atoms with van der Waals surface area (Å²) >= 11 is 0. The van der Waals surface area contributed by atoms with E-state index in [1.807, 2.05) is 0 Å². The lowest BCUT2D eigenvalue weighted by Gasteiger charge is -2.51. The molecule has 0 aliphatic carbocycles. The smallest absolute Gasteiger partial charge is 0.404 e. The largest absolute Gasteiger partial charge is 0.441 e. The van der Waals surface area contributed by atoms with E-state index in [4.69, 9.17) is 9.47 Å². The topological polar surface area (TPSA) is 189 Å². The molecule has 1 saturated heterocycles. The first-order valence-corrected chi connectivity index (χ1v) is 7.61. The molecule has 26 heavy (non-hydrogen) atoms. The van der Waals surface area contributed by atoms with E-state index in [9.17, 15) is 39.9 Å². The standard InChI is InChI=1S/C14H22O12/c1-4-13(23-6(2)16,12(21)26-25-7(3)17)14(22)11(20)10(19)9(18)8(5-15)24-14/h8-11,15,18-20,22H,4-5H2,1-3H3/t8-,9-,10+,11-,13?,14?/m1/s1. The molecule has 0 saturated carbocycles. The first-order chi connectivity index (χ1) is 12.0. The molecule has 12 heteroatoms. The Kier molecular flexibility index (Phi) is 7.04. The van der Waals surface area contributed by atoms with Crippen molar-refractivity contribution in [3.8, 4) is 0 Å². The third-order valence-electron chi connectivity index (χ3n) is 3.93. The minimum atomic E-state index is -3.16. The second-order valence-corrected chi connectivity index (χ2v) is 5.68. The van der Waals surface area contributed by atoms with E-state index in [0.29, 0.717) is 0 Å². The van der Waals surface area contributed by atoms with Gasteiger partial charge in [-0.2, -0.15) is 0 Å². The van der Waals surface area contributed by atoms with Gasteiger partial charge in [0.15, 0.2) is 0 Å². The van der Waals surface area contributed by atoms with Crippen molar-refractivity contribution in [2.24, 2.45) is 0 Å². The molecule has 1 heterocycles. The average molecular weight is 382 g/mol. The highest BCUT2D eigenvalue weighted by Gasteiger charge is 2.70. The van der Waals surface area contributed by atoms with Gasteiger partial charge in [-0.25, -0.2) is 19.4 Å². The zero-order valence-corrected chi connectivity index (χ0v) is 14.3. The number of rotatable bonds is 5. The van der Waals surface area contributed by atoms with Crippen molar-refractivity contribution in [3.63, 3.8) is 0 Å². The van der Waals surface area contributed by atoms with E-state index in [2.05, 4.69) is 9.78 Å². The summed E-state index contributed by atoms with van der Waals surface area (Å²) in [7, 11) is 0. The van der Waals surface area contributed by atoms with Crippen LogP contribution in [0.2, 0.25) is 0 Å². The van der Waals surface area contributed by atoms with Crippen LogP contribution in [0.5, 0.6) is 0 Å². The summed E-state index contributed by atoms with van der Waals surface area (Å²) in [4.78, 5) is 43.1. The summed E-state index contributed by atoms with van der Waals surface area (Å²) < 4.78 is 9.89. The van der Waals surface area contributed by atoms with Crippen LogP contribution >= 0.6 is 0 Å². The van der Waals surface area contributed by atoms with Crippen molar-refractivity contribution >= 4 is 17.9 Å². The van der Waals surface area contributed by atoms with Gasteiger partial charge in [-0.3, -0.25) is 4.79 Å². The summed E-state index contributed by atoms with van der Waals surface area (Å²) in [6.45, 7) is 2.08. The van der Waals surface area contributed by atoms with Crippen LogP contribution in [0.15, 0.2) is 0 Å². The molecule has 1 rings (SSSR count). The zero-order valence-electron chi connectivity index (χ0n) is 14.3. The Hall–Kier alpha value is -1.83. The van der Waals surface area contributed by atoms with Crippen molar-refractivity contribution in [3.05, 3.63) is 0 Å². The molecule has 5 N–H and O–H groups in total. The first-order valence-electron chi connectivity index (χ1n) is 7.61. The summed E-state index contributed by atoms with van der Waals surface area (Å²) in [5.41, 5.74) is -2.80. The van der Waals surface area contributed by atoms with Gasteiger partial charge in [0.1, 0.15) is 24.4 Å². The van der Waals surface area contributed by atoms with Gasteiger partial charge >= 0.3 is 17.9 Å². The Morgan fingerprint density at radius 2 is 1.65 bits per heavy atom. The van der Waals surface area contributed by atoms with Crippen LogP contribution in [0, 0.1) is 0 Å². The van der Waals surface area contributed by atoms with Gasteiger partial charge in [0.05, 0.1) is 6.61 Å². The highest BCUT2D eigenvalue weighted by molar-refractivity contribution is 5.84. The number of aliphatic hydroxyl groups excluding tert-OH is 4. The van der Waals surface area contributed by atoms with Gasteiger partial charge in [-0.05, 0) is 0 Å². The van der Waals surface area contributed by atoms with E-state index >= 15 is 0 Å². The number of esters is 1. The van der Waals surface area contributed by atoms with Crippen LogP contribution in [-0.4, -0.2) is 85.9 Å². The van der Waals surface area contributed by atoms with Crippen LogP contribution in [0.3, 0.4) is 0 Å². The molecule has 0 bridgehead atoms. The molecule has 0 radical (unpaired) electrons. The maximum absolute atomic E-state index is 12.4. The van der Waals surface area contributed by atoms with E-state index in [0.717, 1.165) is 13.8 Å². The minimum Gasteiger partial charge on any atom is -0.441 e. The summed E-state index contributed by atoms with van der Waals surface area (Å²) in [5, 5.41) is 50.0. The first kappa shape index (κ1) is 22.2. The monoisotopic (exact) mass is 382 g/mol. The second-order valence-electron chi connectivity index (χ2n) is 5.68. The molecular formula is C14H22O12. The fourth-order valence-electron chi connectivity index (χ4n) is 2.63. The highest BCUT2D eigenvalue weighted by atomic mass is 17.2. The van der Waals surface area contributed by atoms with Crippen molar-refractivity contribution in [2.75, 3.05) is 6.61 Å². The van der Waals surface area contributed by atoms with E-state index in [1.54, 1.807) is 0 Å². The van der Waals surface area contributed by atoms with Crippen LogP contribution in [0.25, 0.3) is 0 Å². The van der Waals surface area contributed by atoms with Gasteiger partial charge in [0, 0.05) is 20.3 Å². The van der Waals surface area contributed by atoms with Crippen LogP contribution in [0.4, 0.5) is 0 Å². The molecule has 0 amide bonds. The van der Waals surface area contributed by atoms with Crippen molar-refractivity contribution in [2.45, 2.75) is 63.0 Å². The van der Waals surface area contributed by atoms with Gasteiger partial charge in [-0.1, -0.05) is 6.92 Å². The fourth-order valence-corrected chi connectivity index (χ4v) is 2.63. The number of ether oxygens (including phenoxy) is 2. The molecule has 0 spiro atoms. The Labute approximate surface area is 147 Å².